The van der Waals surface area contributed by atoms with E-state index in [1.807, 2.05) is 0 Å². The van der Waals surface area contributed by atoms with Crippen LogP contribution in [0.5, 0.6) is 0 Å². The van der Waals surface area contributed by atoms with Gasteiger partial charge >= 0.3 is 5.97 Å². The molecule has 1 fully saturated rings. The number of thiophene rings is 1. The van der Waals surface area contributed by atoms with Gasteiger partial charge < -0.3 is 10.4 Å². The zero-order chi connectivity index (χ0) is 14.7. The van der Waals surface area contributed by atoms with Crippen LogP contribution in [0.4, 0.5) is 0 Å². The summed E-state index contributed by atoms with van der Waals surface area (Å²) >= 11 is 1.71. The molecule has 0 bridgehead atoms. The number of rotatable bonds is 4. The molecular formula is C15H21NO3S. The van der Waals surface area contributed by atoms with E-state index in [1.54, 1.807) is 11.3 Å². The first-order chi connectivity index (χ1) is 9.47. The van der Waals surface area contributed by atoms with Gasteiger partial charge in [-0.3, -0.25) is 9.59 Å². The second kappa shape index (κ2) is 6.39. The van der Waals surface area contributed by atoms with Crippen molar-refractivity contribution in [1.82, 2.24) is 5.32 Å². The average molecular weight is 295 g/mol. The fourth-order valence-corrected chi connectivity index (χ4v) is 3.65. The number of carbonyl (C=O) groups excluding carboxylic acids is 1. The van der Waals surface area contributed by atoms with Crippen LogP contribution in [0.25, 0.3) is 0 Å². The second-order valence-electron chi connectivity index (χ2n) is 5.56. The van der Waals surface area contributed by atoms with Crippen molar-refractivity contribution in [3.05, 3.63) is 21.4 Å². The van der Waals surface area contributed by atoms with E-state index in [0.29, 0.717) is 32.2 Å². The molecule has 0 saturated heterocycles. The number of hydrogen-bond acceptors (Lipinski definition) is 3. The third kappa shape index (κ3) is 3.60. The molecule has 1 aromatic rings. The minimum Gasteiger partial charge on any atom is -0.481 e. The Morgan fingerprint density at radius 1 is 1.25 bits per heavy atom. The van der Waals surface area contributed by atoms with Crippen LogP contribution in [0.15, 0.2) is 6.07 Å². The van der Waals surface area contributed by atoms with Crippen LogP contribution >= 0.6 is 11.3 Å². The fourth-order valence-electron chi connectivity index (χ4n) is 2.66. The van der Waals surface area contributed by atoms with Crippen LogP contribution in [0.3, 0.4) is 0 Å². The minimum absolute atomic E-state index is 0.0206. The molecule has 0 aliphatic heterocycles. The molecule has 0 radical (unpaired) electrons. The van der Waals surface area contributed by atoms with Crippen LogP contribution in [0.2, 0.25) is 0 Å². The Labute approximate surface area is 123 Å². The Bertz CT molecular complexity index is 482. The summed E-state index contributed by atoms with van der Waals surface area (Å²) < 4.78 is 0. The standard InChI is InChI=1S/C15H21NO3S/c1-9-7-13(20-10(9)2)8-16-14(17)11-3-5-12(6-4-11)15(18)19/h7,11-12H,3-6,8H2,1-2H3,(H,16,17)(H,18,19). The van der Waals surface area contributed by atoms with Crippen LogP contribution in [0, 0.1) is 25.7 Å². The molecule has 2 N–H and O–H groups in total. The molecule has 4 nitrogen and oxygen atoms in total. The first-order valence-electron chi connectivity index (χ1n) is 7.03. The van der Waals surface area contributed by atoms with Gasteiger partial charge in [-0.25, -0.2) is 0 Å². The summed E-state index contributed by atoms with van der Waals surface area (Å²) in [6.07, 6.45) is 2.60. The quantitative estimate of drug-likeness (QED) is 0.897. The highest BCUT2D eigenvalue weighted by Crippen LogP contribution is 2.29. The van der Waals surface area contributed by atoms with E-state index < -0.39 is 5.97 Å². The van der Waals surface area contributed by atoms with Crippen LogP contribution in [-0.2, 0) is 16.1 Å². The molecule has 0 spiro atoms. The molecule has 1 aromatic heterocycles. The molecular weight excluding hydrogens is 274 g/mol. The zero-order valence-corrected chi connectivity index (χ0v) is 12.8. The lowest BCUT2D eigenvalue weighted by Gasteiger charge is -2.25. The van der Waals surface area contributed by atoms with E-state index in [-0.39, 0.29) is 17.7 Å². The number of aliphatic carboxylic acids is 1. The van der Waals surface area contributed by atoms with Crippen molar-refractivity contribution < 1.29 is 14.7 Å². The summed E-state index contributed by atoms with van der Waals surface area (Å²) in [5.41, 5.74) is 1.27. The van der Waals surface area contributed by atoms with Gasteiger partial charge in [-0.05, 0) is 51.2 Å². The molecule has 1 heterocycles. The van der Waals surface area contributed by atoms with Crippen molar-refractivity contribution in [3.8, 4) is 0 Å². The third-order valence-corrected chi connectivity index (χ3v) is 5.25. The summed E-state index contributed by atoms with van der Waals surface area (Å²) in [5, 5.41) is 11.9. The molecule has 5 heteroatoms. The van der Waals surface area contributed by atoms with Crippen molar-refractivity contribution >= 4 is 23.2 Å². The first kappa shape index (κ1) is 15.0. The number of aryl methyl sites for hydroxylation is 2. The number of nitrogens with one attached hydrogen (secondary N) is 1. The Kier molecular flexibility index (Phi) is 4.81. The SMILES string of the molecule is Cc1cc(CNC(=O)C2CCC(C(=O)O)CC2)sc1C. The number of amides is 1. The van der Waals surface area contributed by atoms with Gasteiger partial charge in [0.25, 0.3) is 0 Å². The van der Waals surface area contributed by atoms with Crippen molar-refractivity contribution in [3.63, 3.8) is 0 Å². The molecule has 0 atom stereocenters. The van der Waals surface area contributed by atoms with E-state index in [9.17, 15) is 9.59 Å². The van der Waals surface area contributed by atoms with E-state index in [1.165, 1.54) is 15.3 Å². The Morgan fingerprint density at radius 2 is 1.85 bits per heavy atom. The lowest BCUT2D eigenvalue weighted by atomic mass is 9.81. The largest absolute Gasteiger partial charge is 0.481 e. The second-order valence-corrected chi connectivity index (χ2v) is 6.90. The molecule has 1 amide bonds. The third-order valence-electron chi connectivity index (χ3n) is 4.10. The van der Waals surface area contributed by atoms with Crippen molar-refractivity contribution in [2.45, 2.75) is 46.1 Å². The fraction of sp³-hybridized carbons (Fsp3) is 0.600. The van der Waals surface area contributed by atoms with Crippen LogP contribution < -0.4 is 5.32 Å². The summed E-state index contributed by atoms with van der Waals surface area (Å²) in [5.74, 6) is -0.944. The maximum atomic E-state index is 12.1. The molecule has 0 aromatic carbocycles. The van der Waals surface area contributed by atoms with Gasteiger partial charge in [0.15, 0.2) is 0 Å². The molecule has 2 rings (SSSR count). The summed E-state index contributed by atoms with van der Waals surface area (Å²) in [6, 6.07) is 2.11. The average Bonchev–Trinajstić information content (AvgIpc) is 2.75. The molecule has 110 valence electrons. The van der Waals surface area contributed by atoms with Crippen molar-refractivity contribution in [2.24, 2.45) is 11.8 Å². The molecule has 20 heavy (non-hydrogen) atoms. The molecule has 1 saturated carbocycles. The molecule has 1 aliphatic rings. The van der Waals surface area contributed by atoms with Crippen LogP contribution in [0.1, 0.15) is 41.0 Å². The number of carboxylic acids is 1. The van der Waals surface area contributed by atoms with Gasteiger partial charge in [0.1, 0.15) is 0 Å². The van der Waals surface area contributed by atoms with Gasteiger partial charge in [0, 0.05) is 15.7 Å². The van der Waals surface area contributed by atoms with E-state index >= 15 is 0 Å². The predicted molar refractivity (Wildman–Crippen MR) is 78.7 cm³/mol. The number of hydrogen-bond donors (Lipinski definition) is 2. The van der Waals surface area contributed by atoms with Gasteiger partial charge in [-0.15, -0.1) is 11.3 Å². The van der Waals surface area contributed by atoms with E-state index in [0.717, 1.165) is 0 Å². The van der Waals surface area contributed by atoms with Crippen molar-refractivity contribution in [2.75, 3.05) is 0 Å². The normalized spacial score (nSPS) is 22.5. The smallest absolute Gasteiger partial charge is 0.306 e. The van der Waals surface area contributed by atoms with Crippen molar-refractivity contribution in [1.29, 1.82) is 0 Å². The summed E-state index contributed by atoms with van der Waals surface area (Å²) in [4.78, 5) is 25.4. The highest BCUT2D eigenvalue weighted by atomic mass is 32.1. The highest BCUT2D eigenvalue weighted by Gasteiger charge is 2.29. The highest BCUT2D eigenvalue weighted by molar-refractivity contribution is 7.12. The zero-order valence-electron chi connectivity index (χ0n) is 11.9. The maximum Gasteiger partial charge on any atom is 0.306 e. The number of carbonyl (C=O) groups is 2. The Morgan fingerprint density at radius 3 is 2.35 bits per heavy atom. The minimum atomic E-state index is -0.728. The van der Waals surface area contributed by atoms with Gasteiger partial charge in [-0.1, -0.05) is 0 Å². The molecule has 1 aliphatic carbocycles. The Hall–Kier alpha value is -1.36. The van der Waals surface area contributed by atoms with Gasteiger partial charge in [0.05, 0.1) is 12.5 Å². The Balaban J connectivity index is 1.80. The summed E-state index contributed by atoms with van der Waals surface area (Å²) in [7, 11) is 0. The monoisotopic (exact) mass is 295 g/mol. The van der Waals surface area contributed by atoms with E-state index in [2.05, 4.69) is 25.2 Å². The van der Waals surface area contributed by atoms with Gasteiger partial charge in [-0.2, -0.15) is 0 Å². The van der Waals surface area contributed by atoms with Crippen LogP contribution in [-0.4, -0.2) is 17.0 Å². The molecule has 0 unspecified atom stereocenters. The van der Waals surface area contributed by atoms with Gasteiger partial charge in [0.2, 0.25) is 5.91 Å². The summed E-state index contributed by atoms with van der Waals surface area (Å²) in [6.45, 7) is 4.74. The lowest BCUT2D eigenvalue weighted by molar-refractivity contribution is -0.144. The lowest BCUT2D eigenvalue weighted by Crippen LogP contribution is -2.33. The van der Waals surface area contributed by atoms with E-state index in [4.69, 9.17) is 5.11 Å². The maximum absolute atomic E-state index is 12.1. The first-order valence-corrected chi connectivity index (χ1v) is 7.85. The predicted octanol–water partition coefficient (Wildman–Crippen LogP) is 2.87. The topological polar surface area (TPSA) is 66.4 Å². The number of carboxylic acid groups (broad SMARTS) is 1.